The van der Waals surface area contributed by atoms with E-state index in [-0.39, 0.29) is 10.6 Å². The van der Waals surface area contributed by atoms with Crippen molar-refractivity contribution in [3.8, 4) is 0 Å². The van der Waals surface area contributed by atoms with Crippen molar-refractivity contribution < 1.29 is 4.92 Å². The number of nitrogens with two attached hydrogens (primary N) is 1. The second kappa shape index (κ2) is 6.12. The summed E-state index contributed by atoms with van der Waals surface area (Å²) in [4.78, 5) is 12.8. The van der Waals surface area contributed by atoms with E-state index in [9.17, 15) is 10.1 Å². The van der Waals surface area contributed by atoms with Gasteiger partial charge in [-0.15, -0.1) is 0 Å². The molecule has 0 spiro atoms. The molecule has 5 heteroatoms. The Balaban J connectivity index is 2.22. The fourth-order valence-corrected chi connectivity index (χ4v) is 2.99. The molecule has 0 amide bonds. The molecule has 2 unspecified atom stereocenters. The molecule has 0 radical (unpaired) electrons. The molecule has 1 heterocycles. The second-order valence-electron chi connectivity index (χ2n) is 5.11. The Labute approximate surface area is 113 Å². The monoisotopic (exact) mass is 263 g/mol. The van der Waals surface area contributed by atoms with Crippen LogP contribution < -0.4 is 5.73 Å². The van der Waals surface area contributed by atoms with Crippen molar-refractivity contribution >= 4 is 5.69 Å². The van der Waals surface area contributed by atoms with E-state index in [1.807, 2.05) is 12.1 Å². The number of hydrogen-bond acceptors (Lipinski definition) is 4. The Kier molecular flexibility index (Phi) is 4.50. The van der Waals surface area contributed by atoms with E-state index in [1.54, 1.807) is 12.1 Å². The SMILES string of the molecule is CCCN1CCC(CN)C1c1ccc([N+](=O)[O-])cc1. The first kappa shape index (κ1) is 14.0. The van der Waals surface area contributed by atoms with Crippen LogP contribution in [0.5, 0.6) is 0 Å². The Hall–Kier alpha value is -1.46. The van der Waals surface area contributed by atoms with E-state index in [4.69, 9.17) is 5.73 Å². The van der Waals surface area contributed by atoms with E-state index in [2.05, 4.69) is 11.8 Å². The van der Waals surface area contributed by atoms with Crippen molar-refractivity contribution in [2.75, 3.05) is 19.6 Å². The van der Waals surface area contributed by atoms with Crippen LogP contribution in [0.2, 0.25) is 0 Å². The molecular weight excluding hydrogens is 242 g/mol. The maximum Gasteiger partial charge on any atom is 0.269 e. The van der Waals surface area contributed by atoms with Crippen LogP contribution in [-0.2, 0) is 0 Å². The van der Waals surface area contributed by atoms with Crippen molar-refractivity contribution in [3.63, 3.8) is 0 Å². The van der Waals surface area contributed by atoms with Gasteiger partial charge in [-0.1, -0.05) is 19.1 Å². The molecule has 2 N–H and O–H groups in total. The zero-order valence-electron chi connectivity index (χ0n) is 11.3. The quantitative estimate of drug-likeness (QED) is 0.653. The van der Waals surface area contributed by atoms with Gasteiger partial charge in [0, 0.05) is 18.2 Å². The molecular formula is C14H21N3O2. The lowest BCUT2D eigenvalue weighted by molar-refractivity contribution is -0.384. The predicted octanol–water partition coefficient (Wildman–Crippen LogP) is 2.33. The number of likely N-dealkylation sites (tertiary alicyclic amines) is 1. The second-order valence-corrected chi connectivity index (χ2v) is 5.11. The van der Waals surface area contributed by atoms with Crippen LogP contribution in [0.25, 0.3) is 0 Å². The summed E-state index contributed by atoms with van der Waals surface area (Å²) in [6.07, 6.45) is 2.22. The van der Waals surface area contributed by atoms with Crippen molar-refractivity contribution in [1.29, 1.82) is 0 Å². The predicted molar refractivity (Wildman–Crippen MR) is 74.9 cm³/mol. The molecule has 1 aliphatic heterocycles. The highest BCUT2D eigenvalue weighted by molar-refractivity contribution is 5.34. The molecule has 1 saturated heterocycles. The van der Waals surface area contributed by atoms with Crippen LogP contribution in [0.1, 0.15) is 31.4 Å². The summed E-state index contributed by atoms with van der Waals surface area (Å²) in [6.45, 7) is 4.96. The molecule has 1 aliphatic rings. The molecule has 104 valence electrons. The van der Waals surface area contributed by atoms with Gasteiger partial charge in [-0.3, -0.25) is 15.0 Å². The van der Waals surface area contributed by atoms with Crippen molar-refractivity contribution in [2.45, 2.75) is 25.8 Å². The third kappa shape index (κ3) is 2.93. The lowest BCUT2D eigenvalue weighted by Crippen LogP contribution is -2.28. The summed E-state index contributed by atoms with van der Waals surface area (Å²) in [7, 11) is 0. The largest absolute Gasteiger partial charge is 0.330 e. The van der Waals surface area contributed by atoms with Gasteiger partial charge in [0.05, 0.1) is 4.92 Å². The maximum absolute atomic E-state index is 10.7. The number of non-ortho nitro benzene ring substituents is 1. The van der Waals surface area contributed by atoms with Crippen LogP contribution >= 0.6 is 0 Å². The molecule has 0 aliphatic carbocycles. The molecule has 0 aromatic heterocycles. The third-order valence-corrected chi connectivity index (χ3v) is 3.89. The molecule has 1 aromatic rings. The normalized spacial score (nSPS) is 23.7. The van der Waals surface area contributed by atoms with Gasteiger partial charge in [0.15, 0.2) is 0 Å². The minimum atomic E-state index is -0.358. The zero-order valence-corrected chi connectivity index (χ0v) is 11.3. The highest BCUT2D eigenvalue weighted by atomic mass is 16.6. The smallest absolute Gasteiger partial charge is 0.269 e. The van der Waals surface area contributed by atoms with Gasteiger partial charge >= 0.3 is 0 Å². The standard InChI is InChI=1S/C14H21N3O2/c1-2-8-16-9-7-12(10-15)14(16)11-3-5-13(6-4-11)17(18)19/h3-6,12,14H,2,7-10,15H2,1H3. The number of benzene rings is 1. The van der Waals surface area contributed by atoms with Crippen LogP contribution in [-0.4, -0.2) is 29.5 Å². The molecule has 1 aromatic carbocycles. The highest BCUT2D eigenvalue weighted by Gasteiger charge is 2.33. The number of nitrogens with zero attached hydrogens (tertiary/aromatic N) is 2. The van der Waals surface area contributed by atoms with Crippen molar-refractivity contribution in [2.24, 2.45) is 11.7 Å². The number of hydrogen-bond donors (Lipinski definition) is 1. The van der Waals surface area contributed by atoms with Gasteiger partial charge in [0.2, 0.25) is 0 Å². The van der Waals surface area contributed by atoms with E-state index >= 15 is 0 Å². The first-order chi connectivity index (χ1) is 9.17. The van der Waals surface area contributed by atoms with Gasteiger partial charge in [-0.05, 0) is 44.0 Å². The molecule has 19 heavy (non-hydrogen) atoms. The van der Waals surface area contributed by atoms with E-state index in [0.717, 1.165) is 31.5 Å². The molecule has 1 fully saturated rings. The summed E-state index contributed by atoms with van der Waals surface area (Å²) >= 11 is 0. The fraction of sp³-hybridized carbons (Fsp3) is 0.571. The number of nitro benzene ring substituents is 1. The van der Waals surface area contributed by atoms with Gasteiger partial charge in [0.25, 0.3) is 5.69 Å². The van der Waals surface area contributed by atoms with E-state index in [1.165, 1.54) is 0 Å². The average molecular weight is 263 g/mol. The Morgan fingerprint density at radius 1 is 1.42 bits per heavy atom. The van der Waals surface area contributed by atoms with Crippen LogP contribution in [0, 0.1) is 16.0 Å². The summed E-state index contributed by atoms with van der Waals surface area (Å²) in [5, 5.41) is 10.7. The van der Waals surface area contributed by atoms with Crippen LogP contribution in [0.4, 0.5) is 5.69 Å². The molecule has 2 rings (SSSR count). The number of nitro groups is 1. The summed E-state index contributed by atoms with van der Waals surface area (Å²) in [6, 6.07) is 7.24. The lowest BCUT2D eigenvalue weighted by atomic mass is 9.93. The topological polar surface area (TPSA) is 72.4 Å². The van der Waals surface area contributed by atoms with Crippen molar-refractivity contribution in [3.05, 3.63) is 39.9 Å². The zero-order chi connectivity index (χ0) is 13.8. The molecule has 0 saturated carbocycles. The van der Waals surface area contributed by atoms with E-state index < -0.39 is 0 Å². The van der Waals surface area contributed by atoms with Crippen LogP contribution in [0.15, 0.2) is 24.3 Å². The molecule has 2 atom stereocenters. The summed E-state index contributed by atoms with van der Waals surface area (Å²) in [5.41, 5.74) is 7.15. The summed E-state index contributed by atoms with van der Waals surface area (Å²) < 4.78 is 0. The summed E-state index contributed by atoms with van der Waals surface area (Å²) in [5.74, 6) is 0.452. The average Bonchev–Trinajstić information content (AvgIpc) is 2.82. The lowest BCUT2D eigenvalue weighted by Gasteiger charge is -2.27. The van der Waals surface area contributed by atoms with E-state index in [0.29, 0.717) is 18.5 Å². The Bertz CT molecular complexity index is 433. The van der Waals surface area contributed by atoms with Crippen LogP contribution in [0.3, 0.4) is 0 Å². The fourth-order valence-electron chi connectivity index (χ4n) is 2.99. The number of rotatable bonds is 5. The Morgan fingerprint density at radius 3 is 2.63 bits per heavy atom. The van der Waals surface area contributed by atoms with Gasteiger partial charge in [0.1, 0.15) is 0 Å². The van der Waals surface area contributed by atoms with Gasteiger partial charge in [-0.25, -0.2) is 0 Å². The van der Waals surface area contributed by atoms with Crippen molar-refractivity contribution in [1.82, 2.24) is 4.90 Å². The molecule has 5 nitrogen and oxygen atoms in total. The third-order valence-electron chi connectivity index (χ3n) is 3.89. The molecule has 0 bridgehead atoms. The minimum Gasteiger partial charge on any atom is -0.330 e. The van der Waals surface area contributed by atoms with Gasteiger partial charge < -0.3 is 5.73 Å². The first-order valence-electron chi connectivity index (χ1n) is 6.85. The minimum absolute atomic E-state index is 0.146. The maximum atomic E-state index is 10.7. The highest BCUT2D eigenvalue weighted by Crippen LogP contribution is 2.37. The Morgan fingerprint density at radius 2 is 2.11 bits per heavy atom. The van der Waals surface area contributed by atoms with Gasteiger partial charge in [-0.2, -0.15) is 0 Å². The first-order valence-corrected chi connectivity index (χ1v) is 6.85.